The van der Waals surface area contributed by atoms with Crippen molar-refractivity contribution in [3.63, 3.8) is 0 Å². The Morgan fingerprint density at radius 1 is 0.704 bits per heavy atom. The summed E-state index contributed by atoms with van der Waals surface area (Å²) in [6.07, 6.45) is 2.39. The zero-order chi connectivity index (χ0) is 19.0. The third-order valence-corrected chi connectivity index (χ3v) is 20.0. The van der Waals surface area contributed by atoms with Gasteiger partial charge < -0.3 is 0 Å². The molecule has 0 radical (unpaired) electrons. The second-order valence-electron chi connectivity index (χ2n) is 7.60. The van der Waals surface area contributed by atoms with Gasteiger partial charge in [0.05, 0.1) is 0 Å². The van der Waals surface area contributed by atoms with Crippen LogP contribution in [0.3, 0.4) is 0 Å². The van der Waals surface area contributed by atoms with Crippen LogP contribution < -0.4 is 0 Å². The molecule has 3 aromatic carbocycles. The molecule has 2 heteroatoms. The molecule has 0 saturated carbocycles. The Kier molecular flexibility index (Phi) is 7.54. The molecule has 0 heterocycles. The summed E-state index contributed by atoms with van der Waals surface area (Å²) in [7, 11) is 0. The zero-order valence-corrected chi connectivity index (χ0v) is 19.1. The third-order valence-electron chi connectivity index (χ3n) is 5.52. The minimum atomic E-state index is -3.04. The summed E-state index contributed by atoms with van der Waals surface area (Å²) in [4.78, 5) is 0. The molecule has 1 N–H and O–H groups in total. The molecule has 0 saturated heterocycles. The quantitative estimate of drug-likeness (QED) is 0.381. The van der Waals surface area contributed by atoms with E-state index in [1.54, 1.807) is 0 Å². The number of aliphatic hydroxyl groups excluding tert-OH is 1. The molecule has 0 fully saturated rings. The molecular weight excluding hydrogens is 435 g/mol. The van der Waals surface area contributed by atoms with E-state index in [0.29, 0.717) is 0 Å². The molecule has 27 heavy (non-hydrogen) atoms. The van der Waals surface area contributed by atoms with Crippen molar-refractivity contribution in [2.45, 2.75) is 37.2 Å². The summed E-state index contributed by atoms with van der Waals surface area (Å²) >= 11 is -3.04. The van der Waals surface area contributed by atoms with Crippen molar-refractivity contribution in [3.8, 4) is 0 Å². The third kappa shape index (κ3) is 5.46. The van der Waals surface area contributed by atoms with Crippen molar-refractivity contribution in [1.29, 1.82) is 0 Å². The number of hydrogen-bond acceptors (Lipinski definition) is 1. The molecule has 0 aromatic heterocycles. The van der Waals surface area contributed by atoms with E-state index in [0.717, 1.165) is 14.4 Å². The van der Waals surface area contributed by atoms with Crippen molar-refractivity contribution in [2.24, 2.45) is 0 Å². The number of rotatable bonds is 9. The van der Waals surface area contributed by atoms with Gasteiger partial charge in [-0.25, -0.2) is 0 Å². The molecule has 0 aliphatic carbocycles. The Morgan fingerprint density at radius 3 is 1.59 bits per heavy atom. The molecule has 140 valence electrons. The molecule has 3 rings (SSSR count). The van der Waals surface area contributed by atoms with Crippen LogP contribution in [0.5, 0.6) is 0 Å². The fourth-order valence-corrected chi connectivity index (χ4v) is 18.9. The van der Waals surface area contributed by atoms with Crippen LogP contribution in [0, 0.1) is 0 Å². The van der Waals surface area contributed by atoms with E-state index >= 15 is 0 Å². The van der Waals surface area contributed by atoms with Gasteiger partial charge in [-0.15, -0.1) is 0 Å². The fraction of sp³-hybridized carbons (Fsp3) is 0.280. The summed E-state index contributed by atoms with van der Waals surface area (Å²) < 4.78 is 3.10. The molecule has 3 aromatic rings. The van der Waals surface area contributed by atoms with Crippen molar-refractivity contribution < 1.29 is 5.11 Å². The zero-order valence-electron chi connectivity index (χ0n) is 16.2. The summed E-state index contributed by atoms with van der Waals surface area (Å²) in [6, 6.07) is 32.0. The van der Waals surface area contributed by atoms with Gasteiger partial charge in [-0.2, -0.15) is 0 Å². The van der Waals surface area contributed by atoms with Crippen molar-refractivity contribution in [1.82, 2.24) is 0 Å². The molecule has 1 unspecified atom stereocenters. The minimum absolute atomic E-state index is 0.285. The first kappa shape index (κ1) is 20.2. The number of benzene rings is 3. The Bertz CT molecular complexity index is 745. The van der Waals surface area contributed by atoms with E-state index in [1.807, 2.05) is 6.07 Å². The van der Waals surface area contributed by atoms with E-state index in [2.05, 4.69) is 91.9 Å². The van der Waals surface area contributed by atoms with Crippen molar-refractivity contribution in [2.75, 3.05) is 0 Å². The summed E-state index contributed by atoms with van der Waals surface area (Å²) in [5.74, 6) is 0. The molecule has 1 nitrogen and oxygen atoms in total. The van der Waals surface area contributed by atoms with Gasteiger partial charge in [0.1, 0.15) is 0 Å². The van der Waals surface area contributed by atoms with Crippen molar-refractivity contribution >= 4 is 18.4 Å². The predicted molar refractivity (Wildman–Crippen MR) is 117 cm³/mol. The molecule has 0 spiro atoms. The van der Waals surface area contributed by atoms with Crippen LogP contribution >= 0.6 is 0 Å². The number of aliphatic hydroxyl groups is 1. The molecule has 0 aliphatic heterocycles. The topological polar surface area (TPSA) is 20.2 Å². The first-order valence-corrected chi connectivity index (χ1v) is 17.7. The van der Waals surface area contributed by atoms with Gasteiger partial charge in [-0.1, -0.05) is 0 Å². The molecule has 0 bridgehead atoms. The van der Waals surface area contributed by atoms with Gasteiger partial charge in [0.2, 0.25) is 0 Å². The SMILES string of the molecule is CCC[CH2][Sn]([CH2]c1ccccc1)([CH2]c1ccccc1)[CH](O)c1ccccc1. The maximum atomic E-state index is 11.7. The Labute approximate surface area is 168 Å². The first-order chi connectivity index (χ1) is 13.2. The van der Waals surface area contributed by atoms with Gasteiger partial charge in [-0.3, -0.25) is 0 Å². The number of hydrogen-bond donors (Lipinski definition) is 1. The molecular formula is C25H30OSn. The van der Waals surface area contributed by atoms with E-state index in [-0.39, 0.29) is 4.12 Å². The van der Waals surface area contributed by atoms with E-state index in [9.17, 15) is 5.11 Å². The molecule has 0 aliphatic rings. The van der Waals surface area contributed by atoms with Crippen LogP contribution in [0.25, 0.3) is 0 Å². The van der Waals surface area contributed by atoms with Gasteiger partial charge in [0, 0.05) is 0 Å². The number of unbranched alkanes of at least 4 members (excludes halogenated alkanes) is 1. The fourth-order valence-electron chi connectivity index (χ4n) is 4.09. The molecule has 1 atom stereocenters. The second kappa shape index (κ2) is 10.1. The van der Waals surface area contributed by atoms with Gasteiger partial charge in [-0.05, 0) is 0 Å². The summed E-state index contributed by atoms with van der Waals surface area (Å²) in [5, 5.41) is 11.7. The van der Waals surface area contributed by atoms with Crippen LogP contribution in [0.1, 0.15) is 40.6 Å². The average molecular weight is 465 g/mol. The Morgan fingerprint density at radius 2 is 1.15 bits per heavy atom. The van der Waals surface area contributed by atoms with Crippen molar-refractivity contribution in [3.05, 3.63) is 108 Å². The second-order valence-corrected chi connectivity index (χ2v) is 20.4. The van der Waals surface area contributed by atoms with Gasteiger partial charge in [0.25, 0.3) is 0 Å². The Hall–Kier alpha value is -1.58. The van der Waals surface area contributed by atoms with Gasteiger partial charge in [0.15, 0.2) is 0 Å². The predicted octanol–water partition coefficient (Wildman–Crippen LogP) is 6.07. The first-order valence-electron chi connectivity index (χ1n) is 10.0. The van der Waals surface area contributed by atoms with E-state index < -0.39 is 18.4 Å². The average Bonchev–Trinajstić information content (AvgIpc) is 2.73. The maximum absolute atomic E-state index is 11.7. The van der Waals surface area contributed by atoms with E-state index in [1.165, 1.54) is 28.4 Å². The van der Waals surface area contributed by atoms with Crippen LogP contribution in [0.15, 0.2) is 91.0 Å². The van der Waals surface area contributed by atoms with Crippen LogP contribution in [0.4, 0.5) is 0 Å². The van der Waals surface area contributed by atoms with Crippen LogP contribution in [-0.4, -0.2) is 23.5 Å². The summed E-state index contributed by atoms with van der Waals surface area (Å²) in [5.41, 5.74) is 3.88. The van der Waals surface area contributed by atoms with E-state index in [4.69, 9.17) is 0 Å². The normalized spacial score (nSPS) is 12.7. The summed E-state index contributed by atoms with van der Waals surface area (Å²) in [6.45, 7) is 2.26. The van der Waals surface area contributed by atoms with Crippen LogP contribution in [0.2, 0.25) is 4.44 Å². The Balaban J connectivity index is 2.02. The molecule has 0 amide bonds. The monoisotopic (exact) mass is 466 g/mol. The standard InChI is InChI=1S/C7H7O.2C7H7.C4H9.Sn/c8-6-7-4-2-1-3-5-7;2*1-7-5-3-2-4-6-7;1-3-4-2;/h1-6,8H;2*2-6H,1H2;1,3-4H2,2H3;. The van der Waals surface area contributed by atoms with Crippen LogP contribution in [-0.2, 0) is 8.87 Å². The van der Waals surface area contributed by atoms with Gasteiger partial charge >= 0.3 is 168 Å².